The first kappa shape index (κ1) is 20.4. The van der Waals surface area contributed by atoms with Gasteiger partial charge >= 0.3 is 6.09 Å². The highest BCUT2D eigenvalue weighted by atomic mass is 79.9. The van der Waals surface area contributed by atoms with Crippen molar-refractivity contribution in [1.82, 2.24) is 9.66 Å². The predicted octanol–water partition coefficient (Wildman–Crippen LogP) is 3.06. The van der Waals surface area contributed by atoms with E-state index in [1.54, 1.807) is 46.3 Å². The lowest BCUT2D eigenvalue weighted by Gasteiger charge is -2.29. The van der Waals surface area contributed by atoms with Crippen LogP contribution in [-0.2, 0) is 15.9 Å². The summed E-state index contributed by atoms with van der Waals surface area (Å²) in [5.41, 5.74) is 0.0136. The predicted molar refractivity (Wildman–Crippen MR) is 104 cm³/mol. The van der Waals surface area contributed by atoms with Crippen molar-refractivity contribution in [3.63, 3.8) is 0 Å². The molecule has 0 fully saturated rings. The standard InChI is InChI=1S/C18H23BrN3O4/c1-6-12-11-22(16-14(15(12)23)9-13(19)10-20-16)21(7-8-25-5)17(24)26-18(2,3)4/h9-11H,1,6-8H2,2-5H3. The van der Waals surface area contributed by atoms with E-state index in [0.29, 0.717) is 27.7 Å². The molecule has 0 saturated carbocycles. The fraction of sp³-hybridized carbons (Fsp3) is 0.444. The monoisotopic (exact) mass is 424 g/mol. The highest BCUT2D eigenvalue weighted by molar-refractivity contribution is 9.10. The maximum Gasteiger partial charge on any atom is 0.429 e. The van der Waals surface area contributed by atoms with Crippen molar-refractivity contribution >= 4 is 33.1 Å². The van der Waals surface area contributed by atoms with Crippen LogP contribution < -0.4 is 10.4 Å². The van der Waals surface area contributed by atoms with Crippen LogP contribution in [0, 0.1) is 6.92 Å². The lowest BCUT2D eigenvalue weighted by Crippen LogP contribution is -2.46. The summed E-state index contributed by atoms with van der Waals surface area (Å²) in [4.78, 5) is 29.7. The van der Waals surface area contributed by atoms with E-state index in [-0.39, 0.29) is 18.4 Å². The molecule has 2 heterocycles. The van der Waals surface area contributed by atoms with Gasteiger partial charge in [0, 0.05) is 29.5 Å². The van der Waals surface area contributed by atoms with Gasteiger partial charge in [-0.3, -0.25) is 4.79 Å². The van der Waals surface area contributed by atoms with Crippen LogP contribution in [0.15, 0.2) is 27.7 Å². The van der Waals surface area contributed by atoms with Gasteiger partial charge in [-0.25, -0.2) is 19.5 Å². The second kappa shape index (κ2) is 8.18. The average molecular weight is 425 g/mol. The smallest absolute Gasteiger partial charge is 0.429 e. The third-order valence-electron chi connectivity index (χ3n) is 3.51. The number of carbonyl (C=O) groups excluding carboxylic acids is 1. The lowest BCUT2D eigenvalue weighted by atomic mass is 10.1. The van der Waals surface area contributed by atoms with Gasteiger partial charge in [0.1, 0.15) is 5.60 Å². The van der Waals surface area contributed by atoms with Gasteiger partial charge in [-0.2, -0.15) is 0 Å². The third kappa shape index (κ3) is 4.62. The van der Waals surface area contributed by atoms with E-state index in [1.807, 2.05) is 0 Å². The number of pyridine rings is 2. The first-order chi connectivity index (χ1) is 12.2. The summed E-state index contributed by atoms with van der Waals surface area (Å²) < 4.78 is 12.8. The van der Waals surface area contributed by atoms with Gasteiger partial charge < -0.3 is 9.47 Å². The molecule has 0 aromatic carbocycles. The van der Waals surface area contributed by atoms with Gasteiger partial charge in [0.05, 0.1) is 18.5 Å². The van der Waals surface area contributed by atoms with E-state index in [0.717, 1.165) is 0 Å². The van der Waals surface area contributed by atoms with Crippen molar-refractivity contribution < 1.29 is 14.3 Å². The van der Waals surface area contributed by atoms with E-state index in [2.05, 4.69) is 27.8 Å². The Balaban J connectivity index is 2.66. The number of carbonyl (C=O) groups is 1. The maximum absolute atomic E-state index is 12.8. The molecular weight excluding hydrogens is 402 g/mol. The molecule has 0 bridgehead atoms. The van der Waals surface area contributed by atoms with E-state index in [4.69, 9.17) is 9.47 Å². The Bertz CT molecular complexity index is 858. The molecule has 8 heteroatoms. The number of hydrogen-bond donors (Lipinski definition) is 0. The van der Waals surface area contributed by atoms with E-state index in [9.17, 15) is 9.59 Å². The second-order valence-corrected chi connectivity index (χ2v) is 7.61. The SMILES string of the molecule is [CH2]Cc1cn(N(CCOC)C(=O)OC(C)(C)C)c2ncc(Br)cc2c1=O. The number of ether oxygens (including phenoxy) is 2. The van der Waals surface area contributed by atoms with Crippen molar-refractivity contribution in [3.05, 3.63) is 45.6 Å². The number of halogens is 1. The zero-order valence-corrected chi connectivity index (χ0v) is 17.0. The number of rotatable bonds is 5. The van der Waals surface area contributed by atoms with Crippen molar-refractivity contribution in [2.24, 2.45) is 0 Å². The van der Waals surface area contributed by atoms with Gasteiger partial charge in [0.25, 0.3) is 0 Å². The fourth-order valence-corrected chi connectivity index (χ4v) is 2.69. The largest absolute Gasteiger partial charge is 0.442 e. The molecular formula is C18H23BrN3O4. The normalized spacial score (nSPS) is 11.6. The molecule has 0 saturated heterocycles. The minimum Gasteiger partial charge on any atom is -0.442 e. The summed E-state index contributed by atoms with van der Waals surface area (Å²) in [6, 6.07) is 1.68. The summed E-state index contributed by atoms with van der Waals surface area (Å²) >= 11 is 3.33. The Morgan fingerprint density at radius 3 is 2.69 bits per heavy atom. The number of aromatic nitrogens is 2. The Kier molecular flexibility index (Phi) is 6.41. The highest BCUT2D eigenvalue weighted by Gasteiger charge is 2.25. The van der Waals surface area contributed by atoms with Crippen LogP contribution in [0.25, 0.3) is 11.0 Å². The number of methoxy groups -OCH3 is 1. The Labute approximate surface area is 161 Å². The molecule has 0 aliphatic heterocycles. The molecule has 0 spiro atoms. The molecule has 2 aromatic rings. The molecule has 0 unspecified atom stereocenters. The molecule has 0 aliphatic rings. The van der Waals surface area contributed by atoms with Crippen LogP contribution in [0.2, 0.25) is 0 Å². The zero-order valence-electron chi connectivity index (χ0n) is 15.4. The average Bonchev–Trinajstić information content (AvgIpc) is 2.55. The lowest BCUT2D eigenvalue weighted by molar-refractivity contribution is 0.0525. The summed E-state index contributed by atoms with van der Waals surface area (Å²) in [5, 5.41) is 1.77. The maximum atomic E-state index is 12.8. The minimum absolute atomic E-state index is 0.157. The van der Waals surface area contributed by atoms with Crippen molar-refractivity contribution in [2.45, 2.75) is 32.8 Å². The summed E-state index contributed by atoms with van der Waals surface area (Å²) in [6.45, 7) is 9.71. The van der Waals surface area contributed by atoms with Crippen LogP contribution in [0.5, 0.6) is 0 Å². The van der Waals surface area contributed by atoms with Gasteiger partial charge in [-0.05, 0) is 56.1 Å². The Morgan fingerprint density at radius 2 is 2.12 bits per heavy atom. The summed E-state index contributed by atoms with van der Waals surface area (Å²) in [5.74, 6) is 0. The molecule has 0 aliphatic carbocycles. The summed E-state index contributed by atoms with van der Waals surface area (Å²) in [7, 11) is 1.55. The van der Waals surface area contributed by atoms with Gasteiger partial charge in [-0.15, -0.1) is 0 Å². The van der Waals surface area contributed by atoms with Crippen LogP contribution in [0.4, 0.5) is 4.79 Å². The third-order valence-corrected chi connectivity index (χ3v) is 3.94. The molecule has 26 heavy (non-hydrogen) atoms. The first-order valence-corrected chi connectivity index (χ1v) is 8.96. The molecule has 1 radical (unpaired) electrons. The second-order valence-electron chi connectivity index (χ2n) is 6.70. The molecule has 1 amide bonds. The van der Waals surface area contributed by atoms with Crippen molar-refractivity contribution in [3.8, 4) is 0 Å². The van der Waals surface area contributed by atoms with Crippen molar-refractivity contribution in [2.75, 3.05) is 25.3 Å². The molecule has 2 rings (SSSR count). The van der Waals surface area contributed by atoms with Crippen LogP contribution in [0.1, 0.15) is 26.3 Å². The highest BCUT2D eigenvalue weighted by Crippen LogP contribution is 2.17. The number of hydrogen-bond acceptors (Lipinski definition) is 5. The Hall–Kier alpha value is -1.93. The zero-order chi connectivity index (χ0) is 19.5. The molecule has 2 aromatic heterocycles. The topological polar surface area (TPSA) is 73.7 Å². The Morgan fingerprint density at radius 1 is 1.42 bits per heavy atom. The van der Waals surface area contributed by atoms with E-state index < -0.39 is 11.7 Å². The number of amides is 1. The van der Waals surface area contributed by atoms with Crippen molar-refractivity contribution in [1.29, 1.82) is 0 Å². The molecule has 0 N–H and O–H groups in total. The first-order valence-electron chi connectivity index (χ1n) is 8.16. The number of fused-ring (bicyclic) bond motifs is 1. The quantitative estimate of drug-likeness (QED) is 0.737. The van der Waals surface area contributed by atoms with Crippen LogP contribution in [-0.4, -0.2) is 41.6 Å². The van der Waals surface area contributed by atoms with Crippen LogP contribution >= 0.6 is 15.9 Å². The van der Waals surface area contributed by atoms with E-state index >= 15 is 0 Å². The fourth-order valence-electron chi connectivity index (χ4n) is 2.36. The molecule has 7 nitrogen and oxygen atoms in total. The molecule has 0 atom stereocenters. The van der Waals surface area contributed by atoms with Gasteiger partial charge in [-0.1, -0.05) is 0 Å². The van der Waals surface area contributed by atoms with Crippen LogP contribution in [0.3, 0.4) is 0 Å². The summed E-state index contributed by atoms with van der Waals surface area (Å²) in [6.07, 6.45) is 2.89. The van der Waals surface area contributed by atoms with E-state index in [1.165, 1.54) is 9.69 Å². The van der Waals surface area contributed by atoms with Gasteiger partial charge in [0.15, 0.2) is 11.1 Å². The minimum atomic E-state index is -0.664. The molecule has 141 valence electrons. The van der Waals surface area contributed by atoms with Gasteiger partial charge in [0.2, 0.25) is 0 Å². The number of nitrogens with zero attached hydrogens (tertiary/aromatic N) is 3.